The van der Waals surface area contributed by atoms with Gasteiger partial charge in [0, 0.05) is 11.3 Å². The van der Waals surface area contributed by atoms with E-state index in [4.69, 9.17) is 4.74 Å². The van der Waals surface area contributed by atoms with Crippen LogP contribution in [0.5, 0.6) is 0 Å². The van der Waals surface area contributed by atoms with Crippen molar-refractivity contribution in [2.24, 2.45) is 0 Å². The maximum absolute atomic E-state index is 12.0. The summed E-state index contributed by atoms with van der Waals surface area (Å²) in [5.41, 5.74) is -0.632. The van der Waals surface area contributed by atoms with Crippen LogP contribution in [0.3, 0.4) is 0 Å². The maximum Gasteiger partial charge on any atom is 0.325 e. The van der Waals surface area contributed by atoms with E-state index in [-0.39, 0.29) is 12.0 Å². The first-order valence-electron chi connectivity index (χ1n) is 6.43. The minimum Gasteiger partial charge on any atom is -0.468 e. The van der Waals surface area contributed by atoms with Crippen molar-refractivity contribution in [3.63, 3.8) is 0 Å². The lowest BCUT2D eigenvalue weighted by Gasteiger charge is -2.32. The second kappa shape index (κ2) is 7.31. The van der Waals surface area contributed by atoms with Gasteiger partial charge in [0.25, 0.3) is 0 Å². The summed E-state index contributed by atoms with van der Waals surface area (Å²) in [6.07, 6.45) is 0.737. The molecular weight excluding hydrogens is 278 g/mol. The number of rotatable bonds is 7. The van der Waals surface area contributed by atoms with Gasteiger partial charge in [0.05, 0.1) is 11.3 Å². The number of nitrogens with one attached hydrogen (secondary N) is 1. The van der Waals surface area contributed by atoms with E-state index in [1.54, 1.807) is 23.1 Å². The zero-order valence-corrected chi connectivity index (χ0v) is 13.9. The van der Waals surface area contributed by atoms with E-state index in [1.165, 1.54) is 11.3 Å². The Bertz CT molecular complexity index is 392. The van der Waals surface area contributed by atoms with Crippen molar-refractivity contribution in [1.82, 2.24) is 5.32 Å². The first-order valence-corrected chi connectivity index (χ1v) is 8.19. The van der Waals surface area contributed by atoms with Gasteiger partial charge >= 0.3 is 5.97 Å². The Kier molecular flexibility index (Phi) is 6.36. The number of carbonyl (C=O) groups excluding carboxylic acids is 1. The van der Waals surface area contributed by atoms with Crippen molar-refractivity contribution in [3.8, 4) is 0 Å². The molecule has 0 amide bonds. The molecule has 0 bridgehead atoms. The van der Waals surface area contributed by atoms with Crippen molar-refractivity contribution in [2.75, 3.05) is 7.11 Å². The Labute approximate surface area is 124 Å². The highest BCUT2D eigenvalue weighted by Crippen LogP contribution is 2.32. The molecule has 1 aromatic rings. The Hall–Kier alpha value is -0.520. The molecule has 0 aliphatic carbocycles. The second-order valence-electron chi connectivity index (χ2n) is 5.19. The number of carbonyl (C=O) groups is 1. The number of methoxy groups -OCH3 is 1. The molecule has 1 rings (SSSR count). The molecule has 0 aliphatic heterocycles. The van der Waals surface area contributed by atoms with Crippen LogP contribution >= 0.6 is 23.1 Å². The monoisotopic (exact) mass is 301 g/mol. The van der Waals surface area contributed by atoms with Gasteiger partial charge in [-0.25, -0.2) is 0 Å². The first-order chi connectivity index (χ1) is 8.87. The summed E-state index contributed by atoms with van der Waals surface area (Å²) in [4.78, 5) is 12.0. The lowest BCUT2D eigenvalue weighted by molar-refractivity contribution is -0.148. The number of ether oxygens (including phenoxy) is 1. The molecule has 0 radical (unpaired) electrons. The first kappa shape index (κ1) is 16.5. The lowest BCUT2D eigenvalue weighted by Crippen LogP contribution is -2.54. The normalized spacial score (nSPS) is 16.1. The average molecular weight is 301 g/mol. The average Bonchev–Trinajstić information content (AvgIpc) is 2.78. The van der Waals surface area contributed by atoms with Gasteiger partial charge in [-0.05, 0) is 38.6 Å². The Morgan fingerprint density at radius 2 is 2.21 bits per heavy atom. The smallest absolute Gasteiger partial charge is 0.325 e. The Morgan fingerprint density at radius 1 is 1.53 bits per heavy atom. The van der Waals surface area contributed by atoms with Crippen LogP contribution in [0.25, 0.3) is 0 Å². The molecule has 3 nitrogen and oxygen atoms in total. The second-order valence-corrected chi connectivity index (χ2v) is 7.87. The number of thiophene rings is 1. The van der Waals surface area contributed by atoms with E-state index in [0.717, 1.165) is 6.42 Å². The molecule has 19 heavy (non-hydrogen) atoms. The molecule has 0 fully saturated rings. The molecule has 2 atom stereocenters. The molecule has 0 saturated heterocycles. The van der Waals surface area contributed by atoms with Gasteiger partial charge in [0.15, 0.2) is 0 Å². The fraction of sp³-hybridized carbons (Fsp3) is 0.643. The quantitative estimate of drug-likeness (QED) is 0.617. The molecule has 1 aromatic heterocycles. The minimum atomic E-state index is -0.632. The van der Waals surface area contributed by atoms with E-state index in [1.807, 2.05) is 26.8 Å². The molecule has 1 heterocycles. The Morgan fingerprint density at radius 3 is 2.68 bits per heavy atom. The van der Waals surface area contributed by atoms with Crippen molar-refractivity contribution in [1.29, 1.82) is 0 Å². The highest BCUT2D eigenvalue weighted by atomic mass is 32.2. The molecule has 5 heteroatoms. The summed E-state index contributed by atoms with van der Waals surface area (Å²) in [6.45, 7) is 8.15. The summed E-state index contributed by atoms with van der Waals surface area (Å²) < 4.78 is 6.23. The zero-order chi connectivity index (χ0) is 14.5. The van der Waals surface area contributed by atoms with E-state index >= 15 is 0 Å². The van der Waals surface area contributed by atoms with Crippen LogP contribution in [0.4, 0.5) is 0 Å². The topological polar surface area (TPSA) is 38.3 Å². The molecule has 0 aromatic carbocycles. The summed E-state index contributed by atoms with van der Waals surface area (Å²) in [5.74, 6) is -0.195. The van der Waals surface area contributed by atoms with Gasteiger partial charge < -0.3 is 4.74 Å². The van der Waals surface area contributed by atoms with Crippen LogP contribution < -0.4 is 5.32 Å². The maximum atomic E-state index is 12.0. The van der Waals surface area contributed by atoms with Crippen molar-refractivity contribution < 1.29 is 9.53 Å². The fourth-order valence-corrected chi connectivity index (χ4v) is 4.51. The zero-order valence-electron chi connectivity index (χ0n) is 12.2. The number of hydrogen-bond acceptors (Lipinski definition) is 5. The minimum absolute atomic E-state index is 0.195. The number of thioether (sulfide) groups is 1. The van der Waals surface area contributed by atoms with Gasteiger partial charge in [-0.2, -0.15) is 0 Å². The third-order valence-corrected chi connectivity index (χ3v) is 4.93. The lowest BCUT2D eigenvalue weighted by atomic mass is 9.95. The van der Waals surface area contributed by atoms with Gasteiger partial charge in [-0.3, -0.25) is 10.1 Å². The Balaban J connectivity index is 2.68. The third-order valence-electron chi connectivity index (χ3n) is 2.75. The van der Waals surface area contributed by atoms with Crippen LogP contribution in [-0.2, 0) is 9.53 Å². The van der Waals surface area contributed by atoms with Crippen molar-refractivity contribution >= 4 is 29.1 Å². The number of hydrogen-bond donors (Lipinski definition) is 1. The van der Waals surface area contributed by atoms with E-state index < -0.39 is 5.54 Å². The van der Waals surface area contributed by atoms with Crippen LogP contribution in [-0.4, -0.2) is 29.9 Å². The predicted molar refractivity (Wildman–Crippen MR) is 82.9 cm³/mol. The van der Waals surface area contributed by atoms with Crippen LogP contribution in [0.1, 0.15) is 34.1 Å². The SMILES string of the molecule is COC(=O)C(C)(CC(C)Sc1cccs1)NC(C)C. The largest absolute Gasteiger partial charge is 0.468 e. The third kappa shape index (κ3) is 5.16. The van der Waals surface area contributed by atoms with Gasteiger partial charge in [-0.1, -0.05) is 13.0 Å². The molecule has 0 saturated carbocycles. The highest BCUT2D eigenvalue weighted by Gasteiger charge is 2.36. The van der Waals surface area contributed by atoms with Crippen molar-refractivity contribution in [2.45, 2.75) is 55.2 Å². The fourth-order valence-electron chi connectivity index (χ4n) is 2.21. The van der Waals surface area contributed by atoms with Crippen LogP contribution in [0.2, 0.25) is 0 Å². The molecule has 0 spiro atoms. The summed E-state index contributed by atoms with van der Waals surface area (Å²) in [7, 11) is 1.44. The van der Waals surface area contributed by atoms with Gasteiger partial charge in [-0.15, -0.1) is 23.1 Å². The highest BCUT2D eigenvalue weighted by molar-refractivity contribution is 8.01. The van der Waals surface area contributed by atoms with Crippen molar-refractivity contribution in [3.05, 3.63) is 17.5 Å². The van der Waals surface area contributed by atoms with Crippen LogP contribution in [0, 0.1) is 0 Å². The molecule has 108 valence electrons. The predicted octanol–water partition coefficient (Wildman–Crippen LogP) is 3.55. The van der Waals surface area contributed by atoms with E-state index in [9.17, 15) is 4.79 Å². The number of esters is 1. The molecular formula is C14H23NO2S2. The summed E-state index contributed by atoms with van der Waals surface area (Å²) >= 11 is 3.53. The van der Waals surface area contributed by atoms with Gasteiger partial charge in [0.2, 0.25) is 0 Å². The standard InChI is InChI=1S/C14H23NO2S2/c1-10(2)15-14(4,13(16)17-5)9-11(3)19-12-7-6-8-18-12/h6-8,10-11,15H,9H2,1-5H3. The van der Waals surface area contributed by atoms with Crippen LogP contribution in [0.15, 0.2) is 21.7 Å². The molecule has 1 N–H and O–H groups in total. The van der Waals surface area contributed by atoms with Gasteiger partial charge in [0.1, 0.15) is 5.54 Å². The van der Waals surface area contributed by atoms with E-state index in [0.29, 0.717) is 5.25 Å². The molecule has 2 unspecified atom stereocenters. The summed E-state index contributed by atoms with van der Waals surface area (Å²) in [5, 5.41) is 5.74. The molecule has 0 aliphatic rings. The van der Waals surface area contributed by atoms with E-state index in [2.05, 4.69) is 23.7 Å². The summed E-state index contributed by atoms with van der Waals surface area (Å²) in [6, 6.07) is 4.39.